The minimum atomic E-state index is -0.646. The second kappa shape index (κ2) is 4.39. The summed E-state index contributed by atoms with van der Waals surface area (Å²) in [4.78, 5) is 27.2. The van der Waals surface area contributed by atoms with Crippen molar-refractivity contribution in [2.75, 3.05) is 0 Å². The van der Waals surface area contributed by atoms with E-state index in [2.05, 4.69) is 10.1 Å². The second-order valence-electron chi connectivity index (χ2n) is 4.81. The van der Waals surface area contributed by atoms with Crippen molar-refractivity contribution in [1.29, 1.82) is 0 Å². The van der Waals surface area contributed by atoms with Crippen molar-refractivity contribution in [2.45, 2.75) is 0 Å². The number of hydrogen-bond donors (Lipinski definition) is 1. The van der Waals surface area contributed by atoms with Gasteiger partial charge in [0.15, 0.2) is 5.65 Å². The van der Waals surface area contributed by atoms with Gasteiger partial charge >= 0.3 is 11.4 Å². The van der Waals surface area contributed by atoms with E-state index in [9.17, 15) is 14.0 Å². The van der Waals surface area contributed by atoms with E-state index < -0.39 is 17.2 Å². The minimum absolute atomic E-state index is 0.230. The molecule has 7 heteroatoms. The Morgan fingerprint density at radius 3 is 2.68 bits per heavy atom. The van der Waals surface area contributed by atoms with Gasteiger partial charge in [-0.3, -0.25) is 0 Å². The number of rotatable bonds is 1. The summed E-state index contributed by atoms with van der Waals surface area (Å²) in [6.45, 7) is 0. The topological polar surface area (TPSA) is 72.2 Å². The van der Waals surface area contributed by atoms with E-state index in [0.717, 1.165) is 9.08 Å². The molecule has 6 nitrogen and oxygen atoms in total. The first-order valence-electron chi connectivity index (χ1n) is 6.54. The number of benzene rings is 2. The number of nitrogens with zero attached hydrogens (tertiary/aromatic N) is 3. The third-order valence-corrected chi connectivity index (χ3v) is 3.44. The number of H-pyrrole nitrogens is 1. The van der Waals surface area contributed by atoms with Crippen molar-refractivity contribution >= 4 is 16.6 Å². The summed E-state index contributed by atoms with van der Waals surface area (Å²) in [5.74, 6) is -0.486. The maximum absolute atomic E-state index is 13.4. The van der Waals surface area contributed by atoms with Gasteiger partial charge in [-0.25, -0.2) is 14.0 Å². The smallest absolute Gasteiger partial charge is 0.306 e. The summed E-state index contributed by atoms with van der Waals surface area (Å²) in [6, 6.07) is 12.5. The summed E-state index contributed by atoms with van der Waals surface area (Å²) in [5.41, 5.74) is -0.156. The summed E-state index contributed by atoms with van der Waals surface area (Å²) in [6.07, 6.45) is 0. The largest absolute Gasteiger partial charge is 0.359 e. The predicted octanol–water partition coefficient (Wildman–Crippen LogP) is 1.47. The molecule has 2 aromatic heterocycles. The van der Waals surface area contributed by atoms with Gasteiger partial charge in [0.25, 0.3) is 0 Å². The lowest BCUT2D eigenvalue weighted by atomic mass is 10.2. The van der Waals surface area contributed by atoms with Crippen LogP contribution in [0.1, 0.15) is 0 Å². The molecule has 4 rings (SSSR count). The molecule has 0 unspecified atom stereocenters. The molecule has 0 atom stereocenters. The number of hydrogen-bond acceptors (Lipinski definition) is 3. The van der Waals surface area contributed by atoms with Gasteiger partial charge in [-0.05, 0) is 30.3 Å². The van der Waals surface area contributed by atoms with Gasteiger partial charge in [0.05, 0.1) is 11.2 Å². The number of nitrogens with one attached hydrogen (secondary N) is 1. The van der Waals surface area contributed by atoms with Gasteiger partial charge in [-0.1, -0.05) is 18.2 Å². The van der Waals surface area contributed by atoms with Crippen LogP contribution in [0.2, 0.25) is 0 Å². The van der Waals surface area contributed by atoms with E-state index in [4.69, 9.17) is 0 Å². The molecule has 0 amide bonds. The van der Waals surface area contributed by atoms with Crippen LogP contribution in [-0.2, 0) is 0 Å². The molecule has 108 valence electrons. The van der Waals surface area contributed by atoms with Crippen LogP contribution in [0.4, 0.5) is 4.39 Å². The van der Waals surface area contributed by atoms with Crippen LogP contribution in [0.15, 0.2) is 58.1 Å². The van der Waals surface area contributed by atoms with E-state index in [1.54, 1.807) is 30.3 Å². The minimum Gasteiger partial charge on any atom is -0.306 e. The first-order valence-corrected chi connectivity index (χ1v) is 6.54. The SMILES string of the molecule is O=c1[nH]c2ccccc2c2nn(-c3cccc(F)c3)c(=O)n12. The second-order valence-corrected chi connectivity index (χ2v) is 4.81. The Morgan fingerprint density at radius 1 is 1.05 bits per heavy atom. The van der Waals surface area contributed by atoms with Gasteiger partial charge in [-0.2, -0.15) is 9.08 Å². The monoisotopic (exact) mass is 296 g/mol. The lowest BCUT2D eigenvalue weighted by Gasteiger charge is -1.98. The van der Waals surface area contributed by atoms with Crippen LogP contribution < -0.4 is 11.4 Å². The fourth-order valence-electron chi connectivity index (χ4n) is 2.46. The Kier molecular flexibility index (Phi) is 2.50. The lowest BCUT2D eigenvalue weighted by molar-refractivity contribution is 0.625. The highest BCUT2D eigenvalue weighted by atomic mass is 19.1. The Bertz CT molecular complexity index is 1140. The molecule has 1 N–H and O–H groups in total. The maximum Gasteiger partial charge on any atom is 0.359 e. The Morgan fingerprint density at radius 2 is 1.86 bits per heavy atom. The molecule has 2 aromatic carbocycles. The highest BCUT2D eigenvalue weighted by Gasteiger charge is 2.14. The summed E-state index contributed by atoms with van der Waals surface area (Å²) in [5, 5.41) is 4.83. The van der Waals surface area contributed by atoms with Gasteiger partial charge in [0, 0.05) is 5.39 Å². The molecule has 0 spiro atoms. The van der Waals surface area contributed by atoms with Crippen LogP contribution in [0.5, 0.6) is 0 Å². The van der Waals surface area contributed by atoms with Crippen molar-refractivity contribution in [3.05, 3.63) is 75.3 Å². The average Bonchev–Trinajstić information content (AvgIpc) is 2.86. The molecule has 0 aliphatic carbocycles. The van der Waals surface area contributed by atoms with Crippen molar-refractivity contribution in [1.82, 2.24) is 19.2 Å². The van der Waals surface area contributed by atoms with E-state index >= 15 is 0 Å². The lowest BCUT2D eigenvalue weighted by Crippen LogP contribution is -2.29. The average molecular weight is 296 g/mol. The number of aromatic nitrogens is 4. The Labute approximate surface area is 122 Å². The van der Waals surface area contributed by atoms with Gasteiger partial charge in [0.2, 0.25) is 0 Å². The maximum atomic E-state index is 13.4. The molecular formula is C15H9FN4O2. The molecule has 4 aromatic rings. The first kappa shape index (κ1) is 12.5. The number of halogens is 1. The highest BCUT2D eigenvalue weighted by Crippen LogP contribution is 2.14. The quantitative estimate of drug-likeness (QED) is 0.578. The molecule has 2 heterocycles. The Hall–Kier alpha value is -3.22. The Balaban J connectivity index is 2.17. The molecule has 0 saturated heterocycles. The summed E-state index contributed by atoms with van der Waals surface area (Å²) >= 11 is 0. The molecule has 0 bridgehead atoms. The fraction of sp³-hybridized carbons (Fsp3) is 0. The molecule has 0 aliphatic heterocycles. The van der Waals surface area contributed by atoms with Crippen LogP contribution in [0.25, 0.3) is 22.2 Å². The van der Waals surface area contributed by atoms with Crippen molar-refractivity contribution in [2.24, 2.45) is 0 Å². The zero-order chi connectivity index (χ0) is 15.3. The van der Waals surface area contributed by atoms with Crippen LogP contribution in [0.3, 0.4) is 0 Å². The summed E-state index contributed by atoms with van der Waals surface area (Å²) in [7, 11) is 0. The number of aromatic amines is 1. The van der Waals surface area contributed by atoms with Crippen LogP contribution in [0, 0.1) is 5.82 Å². The third kappa shape index (κ3) is 1.69. The van der Waals surface area contributed by atoms with E-state index in [0.29, 0.717) is 10.9 Å². The molecular weight excluding hydrogens is 287 g/mol. The van der Waals surface area contributed by atoms with Crippen molar-refractivity contribution in [3.63, 3.8) is 0 Å². The van der Waals surface area contributed by atoms with Crippen molar-refractivity contribution < 1.29 is 4.39 Å². The molecule has 22 heavy (non-hydrogen) atoms. The summed E-state index contributed by atoms with van der Waals surface area (Å²) < 4.78 is 15.3. The molecule has 0 saturated carbocycles. The van der Waals surface area contributed by atoms with Gasteiger partial charge < -0.3 is 4.98 Å². The fourth-order valence-corrected chi connectivity index (χ4v) is 2.46. The predicted molar refractivity (Wildman–Crippen MR) is 78.9 cm³/mol. The normalized spacial score (nSPS) is 11.3. The van der Waals surface area contributed by atoms with Crippen LogP contribution >= 0.6 is 0 Å². The molecule has 0 radical (unpaired) electrons. The van der Waals surface area contributed by atoms with E-state index in [1.807, 2.05) is 0 Å². The number of fused-ring (bicyclic) bond motifs is 3. The zero-order valence-electron chi connectivity index (χ0n) is 11.2. The van der Waals surface area contributed by atoms with Gasteiger partial charge in [-0.15, -0.1) is 5.10 Å². The number of para-hydroxylation sites is 1. The molecule has 0 aliphatic rings. The van der Waals surface area contributed by atoms with E-state index in [-0.39, 0.29) is 11.3 Å². The third-order valence-electron chi connectivity index (χ3n) is 3.44. The standard InChI is InChI=1S/C15H9FN4O2/c16-9-4-3-5-10(8-9)20-15(22)19-13(18-20)11-6-1-2-7-12(11)17-14(19)21/h1-8H,(H,17,21). The van der Waals surface area contributed by atoms with Crippen molar-refractivity contribution in [3.8, 4) is 5.69 Å². The van der Waals surface area contributed by atoms with Crippen LogP contribution in [-0.4, -0.2) is 19.2 Å². The molecule has 0 fully saturated rings. The van der Waals surface area contributed by atoms with E-state index in [1.165, 1.54) is 18.2 Å². The first-order chi connectivity index (χ1) is 10.6. The zero-order valence-corrected chi connectivity index (χ0v) is 11.2. The highest BCUT2D eigenvalue weighted by molar-refractivity contribution is 5.90. The van der Waals surface area contributed by atoms with Gasteiger partial charge in [0.1, 0.15) is 5.82 Å².